The Morgan fingerprint density at radius 2 is 2.08 bits per heavy atom. The molecule has 1 aliphatic heterocycles. The van der Waals surface area contributed by atoms with Gasteiger partial charge in [-0.1, -0.05) is 54.2 Å². The lowest BCUT2D eigenvalue weighted by Gasteiger charge is -2.00. The minimum absolute atomic E-state index is 0.143. The summed E-state index contributed by atoms with van der Waals surface area (Å²) in [7, 11) is 5.41. The van der Waals surface area contributed by atoms with Crippen molar-refractivity contribution in [2.24, 2.45) is 0 Å². The van der Waals surface area contributed by atoms with Gasteiger partial charge in [-0.05, 0) is 19.8 Å². The van der Waals surface area contributed by atoms with Crippen molar-refractivity contribution in [1.29, 1.82) is 0 Å². The van der Waals surface area contributed by atoms with Crippen molar-refractivity contribution >= 4 is 49.6 Å². The third-order valence-electron chi connectivity index (χ3n) is 1.46. The maximum Gasteiger partial charge on any atom is 0.0328 e. The van der Waals surface area contributed by atoms with Gasteiger partial charge in [0, 0.05) is 5.03 Å². The number of rotatable bonds is 0. The maximum absolute atomic E-state index is 2.42. The molecular formula is C7H9P5. The predicted octanol–water partition coefficient (Wildman–Crippen LogP) is 5.53. The van der Waals surface area contributed by atoms with E-state index in [9.17, 15) is 0 Å². The summed E-state index contributed by atoms with van der Waals surface area (Å²) < 4.78 is 0. The Morgan fingerprint density at radius 1 is 1.17 bits per heavy atom. The van der Waals surface area contributed by atoms with E-state index in [2.05, 4.69) is 36.2 Å². The van der Waals surface area contributed by atoms with Gasteiger partial charge in [0.25, 0.3) is 0 Å². The number of fused-ring (bicyclic) bond motifs is 1. The second-order valence-corrected chi connectivity index (χ2v) is 16.0. The third kappa shape index (κ3) is 2.30. The van der Waals surface area contributed by atoms with E-state index in [4.69, 9.17) is 0 Å². The van der Waals surface area contributed by atoms with Gasteiger partial charge in [-0.3, -0.25) is 0 Å². The second-order valence-electron chi connectivity index (χ2n) is 2.27. The zero-order valence-electron chi connectivity index (χ0n) is 6.36. The Balaban J connectivity index is 2.54. The van der Waals surface area contributed by atoms with E-state index in [1.54, 1.807) is 12.9 Å². The normalized spacial score (nSPS) is 17.8. The van der Waals surface area contributed by atoms with Gasteiger partial charge >= 0.3 is 0 Å². The molecule has 0 nitrogen and oxygen atoms in total. The molecule has 0 saturated heterocycles. The topological polar surface area (TPSA) is 0 Å². The molecular weight excluding hydrogens is 239 g/mol. The van der Waals surface area contributed by atoms with Crippen LogP contribution in [0.15, 0.2) is 24.3 Å². The SMILES string of the molecule is C1=CC=Cp2[pH][pH][pH]pc2C=C1. The highest BCUT2D eigenvalue weighted by atomic mass is 32.4. The maximum atomic E-state index is 2.42. The van der Waals surface area contributed by atoms with Gasteiger partial charge in [0.2, 0.25) is 0 Å². The molecule has 4 unspecified atom stereocenters. The highest BCUT2D eigenvalue weighted by Crippen LogP contribution is 2.57. The van der Waals surface area contributed by atoms with Crippen LogP contribution in [0.5, 0.6) is 0 Å². The van der Waals surface area contributed by atoms with Crippen LogP contribution in [0.25, 0.3) is 11.9 Å². The smallest absolute Gasteiger partial charge is 0.0328 e. The molecule has 0 radical (unpaired) electrons. The molecule has 0 aromatic carbocycles. The minimum Gasteiger partial charge on any atom is -0.0963 e. The zero-order valence-corrected chi connectivity index (χ0v) is 11.1. The molecule has 0 fully saturated rings. The Morgan fingerprint density at radius 3 is 3.08 bits per heavy atom. The second kappa shape index (κ2) is 4.72. The first-order valence-electron chi connectivity index (χ1n) is 3.61. The fourth-order valence-electron chi connectivity index (χ4n) is 0.918. The highest BCUT2D eigenvalue weighted by molar-refractivity contribution is 8.43. The van der Waals surface area contributed by atoms with Crippen molar-refractivity contribution < 1.29 is 0 Å². The van der Waals surface area contributed by atoms with Crippen LogP contribution in [0, 0.1) is 0 Å². The molecule has 0 saturated carbocycles. The standard InChI is InChI=1S/C7H9P5/c1-2-4-6-12-7(5-3-1)8-9-10-11-12/h1-6,9-11H. The molecule has 0 bridgehead atoms. The van der Waals surface area contributed by atoms with Gasteiger partial charge in [-0.2, -0.15) is 0 Å². The van der Waals surface area contributed by atoms with Crippen LogP contribution in [0.2, 0.25) is 0 Å². The first-order valence-corrected chi connectivity index (χ1v) is 12.6. The summed E-state index contributed by atoms with van der Waals surface area (Å²) in [5.74, 6) is 2.42. The van der Waals surface area contributed by atoms with E-state index in [1.165, 1.54) is 22.6 Å². The average Bonchev–Trinajstić information content (AvgIpc) is 2.06. The first-order chi connectivity index (χ1) is 5.97. The molecule has 5 heteroatoms. The van der Waals surface area contributed by atoms with E-state index >= 15 is 0 Å². The van der Waals surface area contributed by atoms with Gasteiger partial charge in [0.15, 0.2) is 0 Å². The summed E-state index contributed by atoms with van der Waals surface area (Å²) in [5.41, 5.74) is 0. The van der Waals surface area contributed by atoms with Gasteiger partial charge < -0.3 is 0 Å². The average molecular weight is 248 g/mol. The Labute approximate surface area is 79.2 Å². The minimum atomic E-state index is 0.143. The molecule has 4 atom stereocenters. The molecule has 2 heterocycles. The fraction of sp³-hybridized carbons (Fsp3) is 0. The molecule has 62 valence electrons. The summed E-state index contributed by atoms with van der Waals surface area (Å²) in [5, 5.41) is 1.70. The Hall–Kier alpha value is 0.590. The van der Waals surface area contributed by atoms with Crippen LogP contribution >= 0.6 is 37.7 Å². The molecule has 12 heavy (non-hydrogen) atoms. The molecule has 2 rings (SSSR count). The van der Waals surface area contributed by atoms with Gasteiger partial charge in [-0.15, -0.1) is 0 Å². The number of hydrogen-bond acceptors (Lipinski definition) is 0. The van der Waals surface area contributed by atoms with Gasteiger partial charge in [0.05, 0.1) is 0 Å². The van der Waals surface area contributed by atoms with Crippen LogP contribution in [0.3, 0.4) is 0 Å². The lowest BCUT2D eigenvalue weighted by Crippen LogP contribution is -1.57. The largest absolute Gasteiger partial charge is 0.0963 e. The Kier molecular flexibility index (Phi) is 3.60. The highest BCUT2D eigenvalue weighted by Gasteiger charge is 1.93. The van der Waals surface area contributed by atoms with Crippen LogP contribution in [0.4, 0.5) is 0 Å². The summed E-state index contributed by atoms with van der Waals surface area (Å²) >= 11 is 0. The van der Waals surface area contributed by atoms with Gasteiger partial charge in [-0.25, -0.2) is 0 Å². The van der Waals surface area contributed by atoms with Crippen molar-refractivity contribution in [3.8, 4) is 0 Å². The molecule has 0 spiro atoms. The van der Waals surface area contributed by atoms with E-state index in [0.29, 0.717) is 0 Å². The zero-order chi connectivity index (χ0) is 8.23. The molecule has 1 aliphatic rings. The number of allylic oxidation sites excluding steroid dienone is 4. The number of hydrogen-bond donors (Lipinski definition) is 0. The lowest BCUT2D eigenvalue weighted by molar-refractivity contribution is 1.99. The fourth-order valence-corrected chi connectivity index (χ4v) is 25.2. The third-order valence-corrected chi connectivity index (χ3v) is 20.5. The van der Waals surface area contributed by atoms with Crippen molar-refractivity contribution in [2.75, 3.05) is 0 Å². The van der Waals surface area contributed by atoms with Crippen LogP contribution in [-0.4, -0.2) is 0 Å². The van der Waals surface area contributed by atoms with Crippen LogP contribution in [-0.2, 0) is 0 Å². The predicted molar refractivity (Wildman–Crippen MR) is 71.3 cm³/mol. The lowest BCUT2D eigenvalue weighted by atomic mass is 10.4. The van der Waals surface area contributed by atoms with Crippen LogP contribution in [0.1, 0.15) is 5.03 Å². The van der Waals surface area contributed by atoms with Crippen molar-refractivity contribution in [3.05, 3.63) is 29.3 Å². The van der Waals surface area contributed by atoms with E-state index < -0.39 is 0 Å². The monoisotopic (exact) mass is 248 g/mol. The first kappa shape index (κ1) is 9.16. The van der Waals surface area contributed by atoms with Crippen molar-refractivity contribution in [1.82, 2.24) is 0 Å². The summed E-state index contributed by atoms with van der Waals surface area (Å²) in [4.78, 5) is 0. The quantitative estimate of drug-likeness (QED) is 0.566. The molecule has 1 aromatic rings. The summed E-state index contributed by atoms with van der Waals surface area (Å²) in [6, 6.07) is 0. The van der Waals surface area contributed by atoms with E-state index in [0.717, 1.165) is 0 Å². The summed E-state index contributed by atoms with van der Waals surface area (Å²) in [6.45, 7) is 0. The van der Waals surface area contributed by atoms with Crippen molar-refractivity contribution in [3.63, 3.8) is 0 Å². The summed E-state index contributed by atoms with van der Waals surface area (Å²) in [6.07, 6.45) is 11.0. The van der Waals surface area contributed by atoms with Gasteiger partial charge in [0.1, 0.15) is 0 Å². The van der Waals surface area contributed by atoms with E-state index in [1.807, 2.05) is 0 Å². The molecule has 0 amide bonds. The molecule has 0 aliphatic carbocycles. The van der Waals surface area contributed by atoms with Crippen LogP contribution < -0.4 is 0 Å². The molecule has 0 N–H and O–H groups in total. The van der Waals surface area contributed by atoms with E-state index in [-0.39, 0.29) is 7.21 Å². The Bertz CT molecular complexity index is 331. The molecule has 1 aromatic heterocycles. The van der Waals surface area contributed by atoms with Crippen molar-refractivity contribution in [2.45, 2.75) is 0 Å².